The van der Waals surface area contributed by atoms with Crippen molar-refractivity contribution in [3.8, 4) is 11.5 Å². The number of rotatable bonds is 6. The molecule has 0 spiro atoms. The number of ether oxygens (including phenoxy) is 2. The van der Waals surface area contributed by atoms with Gasteiger partial charge in [-0.2, -0.15) is 0 Å². The lowest BCUT2D eigenvalue weighted by Gasteiger charge is -2.17. The van der Waals surface area contributed by atoms with Gasteiger partial charge in [-0.3, -0.25) is 9.69 Å². The van der Waals surface area contributed by atoms with Crippen LogP contribution in [0.5, 0.6) is 11.5 Å². The Bertz CT molecular complexity index is 801. The normalized spacial score (nSPS) is 19.7. The van der Waals surface area contributed by atoms with E-state index in [0.717, 1.165) is 6.54 Å². The van der Waals surface area contributed by atoms with Crippen LogP contribution in [0.1, 0.15) is 11.5 Å². The number of amides is 1. The fourth-order valence-corrected chi connectivity index (χ4v) is 3.69. The molecule has 6 nitrogen and oxygen atoms in total. The molecule has 3 rings (SSSR count). The molecule has 1 fully saturated rings. The number of nitrogens with two attached hydrogens (primary N) is 1. The van der Waals surface area contributed by atoms with Crippen LogP contribution >= 0.6 is 11.6 Å². The van der Waals surface area contributed by atoms with Crippen LogP contribution in [-0.4, -0.2) is 50.7 Å². The van der Waals surface area contributed by atoms with Crippen LogP contribution in [0.2, 0.25) is 5.02 Å². The van der Waals surface area contributed by atoms with Gasteiger partial charge in [0.05, 0.1) is 31.5 Å². The highest BCUT2D eigenvalue weighted by molar-refractivity contribution is 6.32. The van der Waals surface area contributed by atoms with E-state index in [9.17, 15) is 4.79 Å². The maximum Gasteiger partial charge on any atom is 0.238 e. The lowest BCUT2D eigenvalue weighted by atomic mass is 9.95. The highest BCUT2D eigenvalue weighted by Gasteiger charge is 2.32. The molecule has 7 heteroatoms. The number of halogens is 1. The number of hydrogen-bond donors (Lipinski definition) is 2. The molecule has 2 aromatic rings. The predicted molar refractivity (Wildman–Crippen MR) is 107 cm³/mol. The SMILES string of the molecule is COc1cc(OC)c(NC(=O)CN2C[C@@H](N)[C@H](c3ccccc3)C2)cc1Cl. The minimum Gasteiger partial charge on any atom is -0.495 e. The van der Waals surface area contributed by atoms with Crippen LogP contribution in [0.25, 0.3) is 0 Å². The van der Waals surface area contributed by atoms with Gasteiger partial charge in [0, 0.05) is 31.1 Å². The lowest BCUT2D eigenvalue weighted by molar-refractivity contribution is -0.117. The van der Waals surface area contributed by atoms with E-state index in [1.807, 2.05) is 18.2 Å². The number of anilines is 1. The van der Waals surface area contributed by atoms with Gasteiger partial charge in [0.25, 0.3) is 0 Å². The molecule has 3 N–H and O–H groups in total. The van der Waals surface area contributed by atoms with Crippen LogP contribution in [-0.2, 0) is 4.79 Å². The molecule has 2 aromatic carbocycles. The van der Waals surface area contributed by atoms with Gasteiger partial charge in [0.2, 0.25) is 5.91 Å². The monoisotopic (exact) mass is 389 g/mol. The third kappa shape index (κ3) is 4.53. The van der Waals surface area contributed by atoms with Crippen LogP contribution in [0, 0.1) is 0 Å². The second kappa shape index (κ2) is 8.61. The molecule has 27 heavy (non-hydrogen) atoms. The van der Waals surface area contributed by atoms with Crippen molar-refractivity contribution in [3.63, 3.8) is 0 Å². The summed E-state index contributed by atoms with van der Waals surface area (Å²) in [5, 5.41) is 3.27. The van der Waals surface area contributed by atoms with Gasteiger partial charge in [-0.15, -0.1) is 0 Å². The van der Waals surface area contributed by atoms with E-state index in [1.54, 1.807) is 12.1 Å². The highest BCUT2D eigenvalue weighted by atomic mass is 35.5. The average Bonchev–Trinajstić information content (AvgIpc) is 3.02. The predicted octanol–water partition coefficient (Wildman–Crippen LogP) is 2.72. The number of methoxy groups -OCH3 is 2. The van der Waals surface area contributed by atoms with E-state index in [2.05, 4.69) is 22.3 Å². The summed E-state index contributed by atoms with van der Waals surface area (Å²) in [6, 6.07) is 13.5. The standard InChI is InChI=1S/C20H24ClN3O3/c1-26-18-9-19(27-2)17(8-15(18)21)23-20(25)12-24-10-14(16(22)11-24)13-6-4-3-5-7-13/h3-9,14,16H,10-12,22H2,1-2H3,(H,23,25)/t14-,16+/m0/s1. The average molecular weight is 390 g/mol. The van der Waals surface area contributed by atoms with Gasteiger partial charge in [0.15, 0.2) is 0 Å². The van der Waals surface area contributed by atoms with Crippen molar-refractivity contribution in [2.45, 2.75) is 12.0 Å². The molecule has 1 saturated heterocycles. The Hall–Kier alpha value is -2.28. The number of hydrogen-bond acceptors (Lipinski definition) is 5. The largest absolute Gasteiger partial charge is 0.495 e. The minimum atomic E-state index is -0.143. The molecule has 1 amide bonds. The molecule has 0 radical (unpaired) electrons. The fraction of sp³-hybridized carbons (Fsp3) is 0.350. The molecule has 0 bridgehead atoms. The molecule has 0 aliphatic carbocycles. The maximum atomic E-state index is 12.5. The first-order valence-corrected chi connectivity index (χ1v) is 9.14. The molecule has 0 unspecified atom stereocenters. The molecule has 0 saturated carbocycles. The first-order valence-electron chi connectivity index (χ1n) is 8.76. The molecule has 1 aliphatic rings. The van der Waals surface area contributed by atoms with Gasteiger partial charge in [-0.05, 0) is 11.6 Å². The number of nitrogens with zero attached hydrogens (tertiary/aromatic N) is 1. The molecule has 144 valence electrons. The zero-order valence-electron chi connectivity index (χ0n) is 15.4. The first kappa shape index (κ1) is 19.5. The highest BCUT2D eigenvalue weighted by Crippen LogP contribution is 2.36. The Labute approximate surface area is 164 Å². The Balaban J connectivity index is 1.64. The first-order chi connectivity index (χ1) is 13.0. The smallest absolute Gasteiger partial charge is 0.238 e. The van der Waals surface area contributed by atoms with Gasteiger partial charge >= 0.3 is 0 Å². The summed E-state index contributed by atoms with van der Waals surface area (Å²) in [6.07, 6.45) is 0. The van der Waals surface area contributed by atoms with Gasteiger partial charge in [0.1, 0.15) is 11.5 Å². The van der Waals surface area contributed by atoms with Crippen LogP contribution in [0.4, 0.5) is 5.69 Å². The van der Waals surface area contributed by atoms with E-state index in [1.165, 1.54) is 19.8 Å². The Morgan fingerprint density at radius 2 is 1.89 bits per heavy atom. The van der Waals surface area contributed by atoms with Crippen molar-refractivity contribution in [3.05, 3.63) is 53.1 Å². The van der Waals surface area contributed by atoms with E-state index in [-0.39, 0.29) is 24.4 Å². The lowest BCUT2D eigenvalue weighted by Crippen LogP contribution is -2.33. The van der Waals surface area contributed by atoms with E-state index in [4.69, 9.17) is 26.8 Å². The molecular formula is C20H24ClN3O3. The maximum absolute atomic E-state index is 12.5. The quantitative estimate of drug-likeness (QED) is 0.794. The third-order valence-electron chi connectivity index (χ3n) is 4.78. The number of nitrogens with one attached hydrogen (secondary N) is 1. The molecule has 2 atom stereocenters. The van der Waals surface area contributed by atoms with Crippen molar-refractivity contribution >= 4 is 23.2 Å². The van der Waals surface area contributed by atoms with Gasteiger partial charge in [-0.1, -0.05) is 41.9 Å². The Morgan fingerprint density at radius 1 is 1.19 bits per heavy atom. The van der Waals surface area contributed by atoms with Gasteiger partial charge in [-0.25, -0.2) is 0 Å². The minimum absolute atomic E-state index is 0.00478. The van der Waals surface area contributed by atoms with E-state index in [0.29, 0.717) is 28.8 Å². The topological polar surface area (TPSA) is 76.8 Å². The summed E-state index contributed by atoms with van der Waals surface area (Å²) >= 11 is 6.16. The van der Waals surface area contributed by atoms with Crippen LogP contribution in [0.15, 0.2) is 42.5 Å². The van der Waals surface area contributed by atoms with Gasteiger partial charge < -0.3 is 20.5 Å². The zero-order chi connectivity index (χ0) is 19.4. The van der Waals surface area contributed by atoms with Crippen LogP contribution < -0.4 is 20.5 Å². The molecule has 1 aliphatic heterocycles. The number of carbonyl (C=O) groups is 1. The summed E-state index contributed by atoms with van der Waals surface area (Å²) in [4.78, 5) is 14.6. The Kier molecular flexibility index (Phi) is 6.21. The summed E-state index contributed by atoms with van der Waals surface area (Å²) in [6.45, 7) is 1.68. The molecule has 1 heterocycles. The number of carbonyl (C=O) groups excluding carboxylic acids is 1. The Morgan fingerprint density at radius 3 is 2.56 bits per heavy atom. The number of benzene rings is 2. The summed E-state index contributed by atoms with van der Waals surface area (Å²) in [5.74, 6) is 1.06. The summed E-state index contributed by atoms with van der Waals surface area (Å²) in [5.41, 5.74) is 8.02. The van der Waals surface area contributed by atoms with E-state index < -0.39 is 0 Å². The summed E-state index contributed by atoms with van der Waals surface area (Å²) < 4.78 is 10.5. The van der Waals surface area contributed by atoms with Crippen molar-refractivity contribution in [1.29, 1.82) is 0 Å². The fourth-order valence-electron chi connectivity index (χ4n) is 3.45. The van der Waals surface area contributed by atoms with Crippen molar-refractivity contribution < 1.29 is 14.3 Å². The second-order valence-electron chi connectivity index (χ2n) is 6.61. The molecular weight excluding hydrogens is 366 g/mol. The molecule has 0 aromatic heterocycles. The van der Waals surface area contributed by atoms with E-state index >= 15 is 0 Å². The van der Waals surface area contributed by atoms with Crippen LogP contribution in [0.3, 0.4) is 0 Å². The van der Waals surface area contributed by atoms with Crippen molar-refractivity contribution in [2.24, 2.45) is 5.73 Å². The van der Waals surface area contributed by atoms with Crippen molar-refractivity contribution in [2.75, 3.05) is 39.2 Å². The second-order valence-corrected chi connectivity index (χ2v) is 7.02. The summed E-state index contributed by atoms with van der Waals surface area (Å²) in [7, 11) is 3.06. The van der Waals surface area contributed by atoms with Crippen molar-refractivity contribution in [1.82, 2.24) is 4.90 Å². The zero-order valence-corrected chi connectivity index (χ0v) is 16.2. The number of likely N-dealkylation sites (tertiary alicyclic amines) is 1. The third-order valence-corrected chi connectivity index (χ3v) is 5.08.